The van der Waals surface area contributed by atoms with Crippen molar-refractivity contribution in [2.45, 2.75) is 225 Å². The Kier molecular flexibility index (Phi) is 28.8. The fourth-order valence-electron chi connectivity index (χ4n) is 7.39. The summed E-state index contributed by atoms with van der Waals surface area (Å²) in [5, 5.41) is 18.1. The largest absolute Gasteiger partial charge is 0.396 e. The van der Waals surface area contributed by atoms with E-state index in [-0.39, 0.29) is 0 Å². The van der Waals surface area contributed by atoms with E-state index < -0.39 is 0 Å². The van der Waals surface area contributed by atoms with Crippen LogP contribution in [-0.2, 0) is 0 Å². The highest BCUT2D eigenvalue weighted by Gasteiger charge is 2.28. The number of rotatable bonds is 8. The zero-order chi connectivity index (χ0) is 28.7. The SMILES string of the molecule is C1CCCCCCCCC1.C1CCCCCCCCC1.OCCCCC1(CCCCO)CCCCCCCCC1. The predicted octanol–water partition coefficient (Wildman–Crippen LogP) is 12.6. The molecule has 0 aliphatic heterocycles. The summed E-state index contributed by atoms with van der Waals surface area (Å²) in [5.74, 6) is 0. The summed E-state index contributed by atoms with van der Waals surface area (Å²) >= 11 is 0. The molecule has 0 aromatic heterocycles. The molecule has 3 aliphatic carbocycles. The second-order valence-electron chi connectivity index (χ2n) is 13.9. The molecule has 3 saturated carbocycles. The van der Waals surface area contributed by atoms with Crippen LogP contribution in [0.3, 0.4) is 0 Å². The molecule has 3 fully saturated rings. The molecule has 3 aliphatic rings. The van der Waals surface area contributed by atoms with Crippen LogP contribution in [0, 0.1) is 5.41 Å². The zero-order valence-electron chi connectivity index (χ0n) is 27.6. The summed E-state index contributed by atoms with van der Waals surface area (Å²) in [6.07, 6.45) is 49.5. The minimum Gasteiger partial charge on any atom is -0.396 e. The molecule has 0 spiro atoms. The van der Waals surface area contributed by atoms with E-state index >= 15 is 0 Å². The molecule has 0 radical (unpaired) electrons. The van der Waals surface area contributed by atoms with Crippen molar-refractivity contribution in [3.05, 3.63) is 0 Å². The van der Waals surface area contributed by atoms with Crippen molar-refractivity contribution >= 4 is 0 Å². The van der Waals surface area contributed by atoms with Crippen LogP contribution in [0.15, 0.2) is 0 Å². The lowest BCUT2D eigenvalue weighted by Gasteiger charge is -2.35. The van der Waals surface area contributed by atoms with Crippen molar-refractivity contribution in [2.24, 2.45) is 5.41 Å². The van der Waals surface area contributed by atoms with Crippen LogP contribution < -0.4 is 0 Å². The Hall–Kier alpha value is -0.0800. The Morgan fingerprint density at radius 1 is 0.275 bits per heavy atom. The van der Waals surface area contributed by atoms with Gasteiger partial charge in [0.25, 0.3) is 0 Å². The maximum Gasteiger partial charge on any atom is 0.0431 e. The van der Waals surface area contributed by atoms with E-state index in [0.717, 1.165) is 12.8 Å². The van der Waals surface area contributed by atoms with Crippen LogP contribution in [0.4, 0.5) is 0 Å². The molecule has 0 unspecified atom stereocenters. The van der Waals surface area contributed by atoms with Gasteiger partial charge in [-0.2, -0.15) is 0 Å². The zero-order valence-corrected chi connectivity index (χ0v) is 27.6. The second kappa shape index (κ2) is 30.4. The first kappa shape index (κ1) is 37.9. The van der Waals surface area contributed by atoms with Gasteiger partial charge in [-0.15, -0.1) is 0 Å². The van der Waals surface area contributed by atoms with Crippen molar-refractivity contribution < 1.29 is 10.2 Å². The van der Waals surface area contributed by atoms with Crippen molar-refractivity contribution in [3.8, 4) is 0 Å². The van der Waals surface area contributed by atoms with Gasteiger partial charge in [0.1, 0.15) is 0 Å². The molecular weight excluding hydrogens is 488 g/mol. The quantitative estimate of drug-likeness (QED) is 0.288. The molecule has 0 amide bonds. The summed E-state index contributed by atoms with van der Waals surface area (Å²) < 4.78 is 0. The average molecular weight is 565 g/mol. The molecule has 2 N–H and O–H groups in total. The highest BCUT2D eigenvalue weighted by atomic mass is 16.3. The number of hydrogen-bond acceptors (Lipinski definition) is 2. The minimum absolute atomic E-state index is 0.340. The molecule has 0 bridgehead atoms. The van der Waals surface area contributed by atoms with Gasteiger partial charge in [-0.25, -0.2) is 0 Å². The lowest BCUT2D eigenvalue weighted by molar-refractivity contribution is 0.158. The lowest BCUT2D eigenvalue weighted by Crippen LogP contribution is -2.22. The number of aliphatic hydroxyl groups excluding tert-OH is 2. The van der Waals surface area contributed by atoms with Gasteiger partial charge in [0.05, 0.1) is 0 Å². The van der Waals surface area contributed by atoms with E-state index in [1.165, 1.54) is 212 Å². The molecule has 0 aromatic carbocycles. The topological polar surface area (TPSA) is 40.5 Å². The Bertz CT molecular complexity index is 360. The first-order valence-electron chi connectivity index (χ1n) is 19.0. The smallest absolute Gasteiger partial charge is 0.0431 e. The summed E-state index contributed by atoms with van der Waals surface area (Å²) in [6, 6.07) is 0. The van der Waals surface area contributed by atoms with Gasteiger partial charge in [-0.3, -0.25) is 0 Å². The third-order valence-corrected chi connectivity index (χ3v) is 10.1. The van der Waals surface area contributed by atoms with E-state index in [2.05, 4.69) is 0 Å². The van der Waals surface area contributed by atoms with E-state index in [0.29, 0.717) is 18.6 Å². The number of hydrogen-bond donors (Lipinski definition) is 2. The molecule has 2 nitrogen and oxygen atoms in total. The van der Waals surface area contributed by atoms with Crippen molar-refractivity contribution in [1.82, 2.24) is 0 Å². The fraction of sp³-hybridized carbons (Fsp3) is 1.00. The highest BCUT2D eigenvalue weighted by Crippen LogP contribution is 2.42. The second-order valence-corrected chi connectivity index (χ2v) is 13.9. The molecule has 0 atom stereocenters. The average Bonchev–Trinajstić information content (AvgIpc) is 2.99. The van der Waals surface area contributed by atoms with Crippen molar-refractivity contribution in [1.29, 1.82) is 0 Å². The van der Waals surface area contributed by atoms with Gasteiger partial charge >= 0.3 is 0 Å². The molecule has 0 aromatic rings. The molecular formula is C38H76O2. The van der Waals surface area contributed by atoms with Gasteiger partial charge in [0.2, 0.25) is 0 Å². The number of unbranched alkanes of at least 4 members (excludes halogenated alkanes) is 2. The normalized spacial score (nSPS) is 22.4. The third-order valence-electron chi connectivity index (χ3n) is 10.1. The van der Waals surface area contributed by atoms with Crippen LogP contribution in [0.2, 0.25) is 0 Å². The monoisotopic (exact) mass is 565 g/mol. The van der Waals surface area contributed by atoms with Gasteiger partial charge in [-0.1, -0.05) is 186 Å². The Morgan fingerprint density at radius 3 is 0.675 bits per heavy atom. The van der Waals surface area contributed by atoms with Crippen LogP contribution in [0.1, 0.15) is 225 Å². The van der Waals surface area contributed by atoms with Crippen LogP contribution >= 0.6 is 0 Å². The first-order valence-corrected chi connectivity index (χ1v) is 19.0. The minimum atomic E-state index is 0.340. The summed E-state index contributed by atoms with van der Waals surface area (Å²) in [6.45, 7) is 0.680. The fourth-order valence-corrected chi connectivity index (χ4v) is 7.39. The van der Waals surface area contributed by atoms with Crippen molar-refractivity contribution in [2.75, 3.05) is 13.2 Å². The molecule has 40 heavy (non-hydrogen) atoms. The molecule has 240 valence electrons. The van der Waals surface area contributed by atoms with Crippen molar-refractivity contribution in [3.63, 3.8) is 0 Å². The maximum absolute atomic E-state index is 9.04. The highest BCUT2D eigenvalue weighted by molar-refractivity contribution is 4.80. The van der Waals surface area contributed by atoms with E-state index in [1.807, 2.05) is 0 Å². The Balaban J connectivity index is 0.000000333. The molecule has 0 saturated heterocycles. The van der Waals surface area contributed by atoms with Crippen LogP contribution in [0.25, 0.3) is 0 Å². The lowest BCUT2D eigenvalue weighted by atomic mass is 9.70. The van der Waals surface area contributed by atoms with E-state index in [1.54, 1.807) is 0 Å². The third kappa shape index (κ3) is 24.5. The van der Waals surface area contributed by atoms with Crippen LogP contribution in [-0.4, -0.2) is 23.4 Å². The summed E-state index contributed by atoms with van der Waals surface area (Å²) in [4.78, 5) is 0. The van der Waals surface area contributed by atoms with Gasteiger partial charge in [-0.05, 0) is 43.9 Å². The first-order chi connectivity index (χ1) is 19.8. The molecule has 2 heteroatoms. The number of aliphatic hydroxyl groups is 2. The predicted molar refractivity (Wildman–Crippen MR) is 178 cm³/mol. The van der Waals surface area contributed by atoms with Gasteiger partial charge in [0, 0.05) is 13.2 Å². The maximum atomic E-state index is 9.04. The van der Waals surface area contributed by atoms with Gasteiger partial charge in [0.15, 0.2) is 0 Å². The van der Waals surface area contributed by atoms with E-state index in [4.69, 9.17) is 10.2 Å². The van der Waals surface area contributed by atoms with Crippen LogP contribution in [0.5, 0.6) is 0 Å². The Labute approximate surface area is 253 Å². The standard InChI is InChI=1S/C18H36O2.2C10H20/c19-16-10-8-14-18(15-9-11-17-20)12-6-4-2-1-3-5-7-13-18;2*1-2-4-6-8-10-9-7-5-3-1/h19-20H,1-17H2;2*1-10H2. The summed E-state index contributed by atoms with van der Waals surface area (Å²) in [5.41, 5.74) is 0.516. The van der Waals surface area contributed by atoms with E-state index in [9.17, 15) is 0 Å². The molecule has 3 rings (SSSR count). The molecule has 0 heterocycles. The Morgan fingerprint density at radius 2 is 0.475 bits per heavy atom. The summed E-state index contributed by atoms with van der Waals surface area (Å²) in [7, 11) is 0. The van der Waals surface area contributed by atoms with Gasteiger partial charge < -0.3 is 10.2 Å².